The van der Waals surface area contributed by atoms with E-state index in [-0.39, 0.29) is 6.17 Å². The smallest absolute Gasteiger partial charge is 0.0807 e. The molecule has 9 aromatic carbocycles. The van der Waals surface area contributed by atoms with Crippen LogP contribution in [0.2, 0.25) is 0 Å². The minimum Gasteiger partial charge on any atom is -0.312 e. The number of nitrogens with zero attached hydrogens (tertiary/aromatic N) is 1. The number of rotatable bonds is 5. The largest absolute Gasteiger partial charge is 0.312 e. The van der Waals surface area contributed by atoms with E-state index < -0.39 is 0 Å². The van der Waals surface area contributed by atoms with Gasteiger partial charge in [-0.15, -0.1) is 0 Å². The molecule has 54 heavy (non-hydrogen) atoms. The van der Waals surface area contributed by atoms with Crippen molar-refractivity contribution in [1.82, 2.24) is 15.2 Å². The van der Waals surface area contributed by atoms with E-state index in [4.69, 9.17) is 5.73 Å². The Morgan fingerprint density at radius 2 is 1.06 bits per heavy atom. The van der Waals surface area contributed by atoms with E-state index in [2.05, 4.69) is 167 Å². The number of hydrogen-bond acceptors (Lipinski definition) is 3. The van der Waals surface area contributed by atoms with E-state index in [0.29, 0.717) is 12.1 Å². The van der Waals surface area contributed by atoms with E-state index in [9.17, 15) is 0 Å². The Morgan fingerprint density at radius 3 is 1.74 bits per heavy atom. The Hall–Kier alpha value is -6.30. The minimum absolute atomic E-state index is 0.0406. The zero-order valence-electron chi connectivity index (χ0n) is 30.1. The second-order valence-electron chi connectivity index (χ2n) is 14.3. The first-order chi connectivity index (χ1) is 26.7. The van der Waals surface area contributed by atoms with E-state index in [1.807, 2.05) is 37.4 Å². The van der Waals surface area contributed by atoms with Gasteiger partial charge >= 0.3 is 0 Å². The summed E-state index contributed by atoms with van der Waals surface area (Å²) in [6.45, 7) is 0. The fourth-order valence-corrected chi connectivity index (χ4v) is 8.52. The van der Waals surface area contributed by atoms with Crippen molar-refractivity contribution >= 4 is 64.9 Å². The fraction of sp³-hybridized carbons (Fsp3) is 0.0800. The van der Waals surface area contributed by atoms with Crippen molar-refractivity contribution in [1.29, 1.82) is 0 Å². The first-order valence-electron chi connectivity index (χ1n) is 18.8. The van der Waals surface area contributed by atoms with Gasteiger partial charge in [-0.1, -0.05) is 158 Å². The molecule has 10 aromatic rings. The second kappa shape index (κ2) is 13.3. The third-order valence-corrected chi connectivity index (χ3v) is 11.2. The predicted molar refractivity (Wildman–Crippen MR) is 228 cm³/mol. The molecule has 3 atom stereocenters. The van der Waals surface area contributed by atoms with E-state index in [1.165, 1.54) is 81.7 Å². The highest BCUT2D eigenvalue weighted by atomic mass is 15.1. The number of benzene rings is 9. The zero-order valence-corrected chi connectivity index (χ0v) is 30.1. The first-order valence-corrected chi connectivity index (χ1v) is 18.8. The summed E-state index contributed by atoms with van der Waals surface area (Å²) in [5, 5.41) is 19.7. The topological polar surface area (TPSA) is 64.9 Å². The highest BCUT2D eigenvalue weighted by molar-refractivity contribution is 6.28. The SMILES string of the molecule is CNC(N)c1ccccc1.c1ccc2cc(C3NC3c3cccc4c(-n5c6ccc7ccccc7c6c6c7ccccc7ccc65)cccc34)ccc2c1. The van der Waals surface area contributed by atoms with Crippen molar-refractivity contribution in [3.05, 3.63) is 199 Å². The molecule has 1 aliphatic rings. The lowest BCUT2D eigenvalue weighted by molar-refractivity contribution is 0.622. The van der Waals surface area contributed by atoms with Gasteiger partial charge in [0.05, 0.1) is 35.0 Å². The standard InChI is InChI=1S/C42H28N2.C8H12N2/c1-2-12-29-25-30(20-19-26(29)9-1)41-42(43-41)35-17-7-16-34-33(35)15-8-18-36(34)44-37-23-21-27-10-3-5-13-31(27)39(37)40-32-14-6-4-11-28(32)22-24-38(40)44;1-10-8(9)7-5-3-2-4-6-7/h1-25,41-43H;2-6,8,10H,9H2,1H3. The van der Waals surface area contributed by atoms with Gasteiger partial charge in [0, 0.05) is 16.2 Å². The monoisotopic (exact) mass is 696 g/mol. The van der Waals surface area contributed by atoms with Crippen molar-refractivity contribution in [3.63, 3.8) is 0 Å². The quantitative estimate of drug-likeness (QED) is 0.124. The van der Waals surface area contributed by atoms with Crippen LogP contribution in [-0.2, 0) is 0 Å². The van der Waals surface area contributed by atoms with Gasteiger partial charge in [0.2, 0.25) is 0 Å². The van der Waals surface area contributed by atoms with Gasteiger partial charge in [0.15, 0.2) is 0 Å². The Balaban J connectivity index is 0.000000317. The maximum Gasteiger partial charge on any atom is 0.0807 e. The van der Waals surface area contributed by atoms with Crippen molar-refractivity contribution in [2.45, 2.75) is 18.2 Å². The predicted octanol–water partition coefficient (Wildman–Crippen LogP) is 11.6. The summed E-state index contributed by atoms with van der Waals surface area (Å²) in [6.07, 6.45) is -0.0406. The molecule has 0 aliphatic carbocycles. The lowest BCUT2D eigenvalue weighted by Crippen LogP contribution is -2.24. The molecular weight excluding hydrogens is 657 g/mol. The van der Waals surface area contributed by atoms with E-state index in [0.717, 1.165) is 5.56 Å². The third kappa shape index (κ3) is 5.43. The van der Waals surface area contributed by atoms with Crippen LogP contribution in [0.1, 0.15) is 34.9 Å². The van der Waals surface area contributed by atoms with Crippen molar-refractivity contribution in [2.75, 3.05) is 7.05 Å². The summed E-state index contributed by atoms with van der Waals surface area (Å²) in [4.78, 5) is 0. The summed E-state index contributed by atoms with van der Waals surface area (Å²) in [5.41, 5.74) is 13.2. The van der Waals surface area contributed by atoms with Crippen LogP contribution in [0, 0.1) is 0 Å². The molecular formula is C50H40N4. The van der Waals surface area contributed by atoms with Crippen LogP contribution < -0.4 is 16.4 Å². The van der Waals surface area contributed by atoms with Crippen molar-refractivity contribution in [2.24, 2.45) is 5.73 Å². The van der Waals surface area contributed by atoms with Gasteiger partial charge in [-0.25, -0.2) is 0 Å². The van der Waals surface area contributed by atoms with Crippen LogP contribution >= 0.6 is 0 Å². The summed E-state index contributed by atoms with van der Waals surface area (Å²) >= 11 is 0. The van der Waals surface area contributed by atoms with E-state index in [1.54, 1.807) is 0 Å². The average molecular weight is 697 g/mol. The first kappa shape index (κ1) is 32.4. The van der Waals surface area contributed by atoms with Crippen LogP contribution in [0.25, 0.3) is 70.6 Å². The van der Waals surface area contributed by atoms with Crippen LogP contribution in [-0.4, -0.2) is 11.6 Å². The summed E-state index contributed by atoms with van der Waals surface area (Å²) in [6, 6.07) is 66.4. The molecule has 4 N–H and O–H groups in total. The number of hydrogen-bond donors (Lipinski definition) is 3. The van der Waals surface area contributed by atoms with Gasteiger partial charge in [0.1, 0.15) is 0 Å². The second-order valence-corrected chi connectivity index (χ2v) is 14.3. The highest BCUT2D eigenvalue weighted by Gasteiger charge is 2.39. The third-order valence-electron chi connectivity index (χ3n) is 11.2. The normalized spacial score (nSPS) is 15.9. The number of nitrogens with two attached hydrogens (primary N) is 1. The fourth-order valence-electron chi connectivity index (χ4n) is 8.52. The number of nitrogens with one attached hydrogen (secondary N) is 2. The molecule has 1 aliphatic heterocycles. The van der Waals surface area contributed by atoms with Crippen LogP contribution in [0.5, 0.6) is 0 Å². The van der Waals surface area contributed by atoms with Crippen molar-refractivity contribution < 1.29 is 0 Å². The molecule has 2 heterocycles. The Morgan fingerprint density at radius 1 is 0.500 bits per heavy atom. The lowest BCUT2D eigenvalue weighted by Gasteiger charge is -2.14. The van der Waals surface area contributed by atoms with E-state index >= 15 is 0 Å². The molecule has 1 saturated heterocycles. The van der Waals surface area contributed by atoms with Gasteiger partial charge in [-0.05, 0) is 85.7 Å². The van der Waals surface area contributed by atoms with Gasteiger partial charge in [-0.3, -0.25) is 5.32 Å². The van der Waals surface area contributed by atoms with Crippen molar-refractivity contribution in [3.8, 4) is 5.69 Å². The molecule has 0 bridgehead atoms. The average Bonchev–Trinajstić information content (AvgIpc) is 3.97. The minimum atomic E-state index is -0.0406. The molecule has 1 aromatic heterocycles. The number of aromatic nitrogens is 1. The molecule has 0 radical (unpaired) electrons. The molecule has 260 valence electrons. The maximum atomic E-state index is 5.68. The van der Waals surface area contributed by atoms with Gasteiger partial charge in [0.25, 0.3) is 0 Å². The summed E-state index contributed by atoms with van der Waals surface area (Å²) < 4.78 is 2.50. The molecule has 0 amide bonds. The van der Waals surface area contributed by atoms with Crippen LogP contribution in [0.4, 0.5) is 0 Å². The Kier molecular flexibility index (Phi) is 7.96. The molecule has 11 rings (SSSR count). The highest BCUT2D eigenvalue weighted by Crippen LogP contribution is 2.47. The summed E-state index contributed by atoms with van der Waals surface area (Å²) in [5.74, 6) is 0. The van der Waals surface area contributed by atoms with Gasteiger partial charge in [-0.2, -0.15) is 0 Å². The lowest BCUT2D eigenvalue weighted by atomic mass is 9.96. The van der Waals surface area contributed by atoms with Crippen LogP contribution in [0.3, 0.4) is 0 Å². The molecule has 4 nitrogen and oxygen atoms in total. The van der Waals surface area contributed by atoms with Crippen LogP contribution in [0.15, 0.2) is 182 Å². The zero-order chi connectivity index (χ0) is 36.2. The molecule has 3 unspecified atom stereocenters. The Labute approximate surface area is 314 Å². The van der Waals surface area contributed by atoms with Gasteiger partial charge < -0.3 is 15.6 Å². The molecule has 0 spiro atoms. The maximum absolute atomic E-state index is 5.68. The summed E-state index contributed by atoms with van der Waals surface area (Å²) in [7, 11) is 1.84. The Bertz CT molecular complexity index is 2910. The molecule has 0 saturated carbocycles. The molecule has 4 heteroatoms. The number of fused-ring (bicyclic) bond motifs is 9. The molecule has 1 fully saturated rings.